The molecule has 0 bridgehead atoms. The first kappa shape index (κ1) is 11.5. The summed E-state index contributed by atoms with van der Waals surface area (Å²) in [4.78, 5) is 11.4. The minimum absolute atomic E-state index is 0.0615. The maximum Gasteiger partial charge on any atom is 0.244 e. The molecule has 1 saturated carbocycles. The Balaban J connectivity index is 1.98. The van der Waals surface area contributed by atoms with Gasteiger partial charge in [-0.2, -0.15) is 0 Å². The molecule has 2 rings (SSSR count). The Morgan fingerprint density at radius 1 is 1.31 bits per heavy atom. The third kappa shape index (κ3) is 3.26. The summed E-state index contributed by atoms with van der Waals surface area (Å²) in [6.07, 6.45) is 5.41. The second kappa shape index (κ2) is 4.89. The quantitative estimate of drug-likeness (QED) is 0.826. The number of hydrogen-bond acceptors (Lipinski definition) is 1. The molecule has 0 radical (unpaired) electrons. The third-order valence-electron chi connectivity index (χ3n) is 2.29. The molecule has 1 amide bonds. The zero-order chi connectivity index (χ0) is 11.5. The van der Waals surface area contributed by atoms with Crippen molar-refractivity contribution in [3.05, 3.63) is 39.9 Å². The van der Waals surface area contributed by atoms with E-state index in [0.717, 1.165) is 18.4 Å². The number of nitrogens with one attached hydrogen (secondary N) is 1. The van der Waals surface area contributed by atoms with Crippen molar-refractivity contribution in [1.82, 2.24) is 5.32 Å². The normalized spacial score (nSPS) is 15.4. The molecule has 0 aromatic heterocycles. The molecule has 1 N–H and O–H groups in total. The highest BCUT2D eigenvalue weighted by molar-refractivity contribution is 6.42. The third-order valence-corrected chi connectivity index (χ3v) is 3.03. The Hall–Kier alpha value is -0.990. The lowest BCUT2D eigenvalue weighted by molar-refractivity contribution is -0.116. The van der Waals surface area contributed by atoms with Crippen LogP contribution in [0.15, 0.2) is 24.3 Å². The lowest BCUT2D eigenvalue weighted by Crippen LogP contribution is -2.22. The van der Waals surface area contributed by atoms with E-state index in [1.807, 2.05) is 6.07 Å². The minimum atomic E-state index is -0.0615. The van der Waals surface area contributed by atoms with Crippen LogP contribution in [0.25, 0.3) is 6.08 Å². The lowest BCUT2D eigenvalue weighted by atomic mass is 10.2. The SMILES string of the molecule is O=C(C=Cc1ccc(Cl)c(Cl)c1)NC1CC1. The minimum Gasteiger partial charge on any atom is -0.350 e. The van der Waals surface area contributed by atoms with Gasteiger partial charge in [-0.25, -0.2) is 0 Å². The number of carbonyl (C=O) groups is 1. The van der Waals surface area contributed by atoms with Crippen molar-refractivity contribution in [2.24, 2.45) is 0 Å². The van der Waals surface area contributed by atoms with Gasteiger partial charge in [0.1, 0.15) is 0 Å². The summed E-state index contributed by atoms with van der Waals surface area (Å²) in [6, 6.07) is 5.63. The first-order chi connectivity index (χ1) is 7.65. The predicted octanol–water partition coefficient (Wildman–Crippen LogP) is 3.29. The van der Waals surface area contributed by atoms with E-state index in [1.54, 1.807) is 18.2 Å². The molecule has 1 aromatic carbocycles. The Morgan fingerprint density at radius 2 is 2.06 bits per heavy atom. The number of rotatable bonds is 3. The highest BCUT2D eigenvalue weighted by atomic mass is 35.5. The number of amides is 1. The molecule has 1 aromatic rings. The maximum absolute atomic E-state index is 11.4. The van der Waals surface area contributed by atoms with Gasteiger partial charge < -0.3 is 5.32 Å². The Kier molecular flexibility index (Phi) is 3.52. The topological polar surface area (TPSA) is 29.1 Å². The summed E-state index contributed by atoms with van der Waals surface area (Å²) < 4.78 is 0. The largest absolute Gasteiger partial charge is 0.350 e. The van der Waals surface area contributed by atoms with Gasteiger partial charge in [-0.3, -0.25) is 4.79 Å². The van der Waals surface area contributed by atoms with Crippen LogP contribution in [0.3, 0.4) is 0 Å². The zero-order valence-corrected chi connectivity index (χ0v) is 10.1. The van der Waals surface area contributed by atoms with Crippen LogP contribution in [-0.4, -0.2) is 11.9 Å². The average Bonchev–Trinajstić information content (AvgIpc) is 3.04. The van der Waals surface area contributed by atoms with Crippen molar-refractivity contribution >= 4 is 35.2 Å². The van der Waals surface area contributed by atoms with Crippen molar-refractivity contribution in [1.29, 1.82) is 0 Å². The number of benzene rings is 1. The van der Waals surface area contributed by atoms with Crippen LogP contribution >= 0.6 is 23.2 Å². The molecule has 84 valence electrons. The Labute approximate surface area is 104 Å². The maximum atomic E-state index is 11.4. The second-order valence-corrected chi connectivity index (χ2v) is 4.60. The van der Waals surface area contributed by atoms with E-state index in [9.17, 15) is 4.79 Å². The second-order valence-electron chi connectivity index (χ2n) is 3.79. The standard InChI is InChI=1S/C12H11Cl2NO/c13-10-5-1-8(7-11(10)14)2-6-12(16)15-9-3-4-9/h1-2,5-7,9H,3-4H2,(H,15,16). The first-order valence-corrected chi connectivity index (χ1v) is 5.84. The first-order valence-electron chi connectivity index (χ1n) is 5.09. The van der Waals surface area contributed by atoms with Crippen molar-refractivity contribution in [2.45, 2.75) is 18.9 Å². The Morgan fingerprint density at radius 3 is 2.69 bits per heavy atom. The van der Waals surface area contributed by atoms with Gasteiger partial charge >= 0.3 is 0 Å². The molecule has 0 atom stereocenters. The van der Waals surface area contributed by atoms with Crippen LogP contribution < -0.4 is 5.32 Å². The van der Waals surface area contributed by atoms with Gasteiger partial charge in [0.05, 0.1) is 10.0 Å². The van der Waals surface area contributed by atoms with Gasteiger partial charge in [0.2, 0.25) is 5.91 Å². The molecule has 0 saturated heterocycles. The zero-order valence-electron chi connectivity index (χ0n) is 8.54. The summed E-state index contributed by atoms with van der Waals surface area (Å²) in [6.45, 7) is 0. The summed E-state index contributed by atoms with van der Waals surface area (Å²) in [5.74, 6) is -0.0615. The van der Waals surface area contributed by atoms with Crippen LogP contribution in [0.5, 0.6) is 0 Å². The molecule has 0 aliphatic heterocycles. The van der Waals surface area contributed by atoms with Crippen molar-refractivity contribution in [2.75, 3.05) is 0 Å². The van der Waals surface area contributed by atoms with Crippen molar-refractivity contribution in [3.8, 4) is 0 Å². The van der Waals surface area contributed by atoms with Crippen molar-refractivity contribution < 1.29 is 4.79 Å². The van der Waals surface area contributed by atoms with Crippen LogP contribution in [0.2, 0.25) is 10.0 Å². The van der Waals surface area contributed by atoms with E-state index in [-0.39, 0.29) is 5.91 Å². The van der Waals surface area contributed by atoms with Crippen LogP contribution in [0.1, 0.15) is 18.4 Å². The fraction of sp³-hybridized carbons (Fsp3) is 0.250. The fourth-order valence-corrected chi connectivity index (χ4v) is 1.57. The average molecular weight is 256 g/mol. The van der Waals surface area contributed by atoms with Crippen LogP contribution in [-0.2, 0) is 4.79 Å². The fourth-order valence-electron chi connectivity index (χ4n) is 1.26. The molecular formula is C12H11Cl2NO. The summed E-state index contributed by atoms with van der Waals surface area (Å²) >= 11 is 11.6. The summed E-state index contributed by atoms with van der Waals surface area (Å²) in [7, 11) is 0. The lowest BCUT2D eigenvalue weighted by Gasteiger charge is -1.98. The van der Waals surface area contributed by atoms with Crippen molar-refractivity contribution in [3.63, 3.8) is 0 Å². The van der Waals surface area contributed by atoms with Gasteiger partial charge in [0, 0.05) is 12.1 Å². The van der Waals surface area contributed by atoms with Gasteiger partial charge in [0.15, 0.2) is 0 Å². The molecule has 0 unspecified atom stereocenters. The molecule has 1 aliphatic rings. The van der Waals surface area contributed by atoms with E-state index < -0.39 is 0 Å². The van der Waals surface area contributed by atoms with E-state index in [0.29, 0.717) is 16.1 Å². The van der Waals surface area contributed by atoms with Crippen LogP contribution in [0, 0.1) is 0 Å². The predicted molar refractivity (Wildman–Crippen MR) is 66.7 cm³/mol. The van der Waals surface area contributed by atoms with Gasteiger partial charge in [0.25, 0.3) is 0 Å². The smallest absolute Gasteiger partial charge is 0.244 e. The molecule has 16 heavy (non-hydrogen) atoms. The van der Waals surface area contributed by atoms with Gasteiger partial charge in [-0.1, -0.05) is 29.3 Å². The highest BCUT2D eigenvalue weighted by Crippen LogP contribution is 2.23. The van der Waals surface area contributed by atoms with E-state index in [4.69, 9.17) is 23.2 Å². The van der Waals surface area contributed by atoms with Gasteiger partial charge in [-0.15, -0.1) is 0 Å². The molecule has 1 aliphatic carbocycles. The Bertz CT molecular complexity index is 439. The number of halogens is 2. The number of carbonyl (C=O) groups excluding carboxylic acids is 1. The summed E-state index contributed by atoms with van der Waals surface area (Å²) in [5.41, 5.74) is 0.861. The number of hydrogen-bond donors (Lipinski definition) is 1. The van der Waals surface area contributed by atoms with Gasteiger partial charge in [-0.05, 0) is 36.6 Å². The van der Waals surface area contributed by atoms with E-state index in [2.05, 4.69) is 5.32 Å². The monoisotopic (exact) mass is 255 g/mol. The molecule has 0 spiro atoms. The molecular weight excluding hydrogens is 245 g/mol. The van der Waals surface area contributed by atoms with E-state index in [1.165, 1.54) is 6.08 Å². The van der Waals surface area contributed by atoms with E-state index >= 15 is 0 Å². The molecule has 1 fully saturated rings. The molecule has 4 heteroatoms. The summed E-state index contributed by atoms with van der Waals surface area (Å²) in [5, 5.41) is 3.87. The molecule has 0 heterocycles. The highest BCUT2D eigenvalue weighted by Gasteiger charge is 2.21. The molecule has 2 nitrogen and oxygen atoms in total. The van der Waals surface area contributed by atoms with Crippen LogP contribution in [0.4, 0.5) is 0 Å².